The van der Waals surface area contributed by atoms with Crippen LogP contribution in [0.1, 0.15) is 132 Å². The fraction of sp³-hybridized carbons (Fsp3) is 0.759. The van der Waals surface area contributed by atoms with E-state index in [1.165, 1.54) is 12.0 Å². The van der Waals surface area contributed by atoms with Crippen molar-refractivity contribution < 1.29 is 67.7 Å². The summed E-state index contributed by atoms with van der Waals surface area (Å²) in [6, 6.07) is -1.11. The molecule has 2 aliphatic heterocycles. The molecular weight excluding hydrogens is 887 g/mol. The number of Topliss-reactive ketones (excluding diaryl/α,β-unsaturated/α-hetero) is 3. The predicted octanol–water partition coefficient (Wildman–Crippen LogP) is 6.83. The predicted molar refractivity (Wildman–Crippen MR) is 263 cm³/mol. The summed E-state index contributed by atoms with van der Waals surface area (Å²) < 4.78 is 34.4. The van der Waals surface area contributed by atoms with Crippen molar-refractivity contribution in [2.45, 2.75) is 181 Å². The van der Waals surface area contributed by atoms with Crippen LogP contribution in [0.5, 0.6) is 0 Å². The lowest BCUT2D eigenvalue weighted by atomic mass is 9.78. The highest BCUT2D eigenvalue weighted by atomic mass is 16.6. The molecule has 3 aliphatic rings. The van der Waals surface area contributed by atoms with Gasteiger partial charge in [0.25, 0.3) is 11.7 Å². The highest BCUT2D eigenvalue weighted by Gasteiger charge is 2.51. The number of rotatable bonds is 28. The molecular formula is C54H87NO14. The fourth-order valence-corrected chi connectivity index (χ4v) is 10.2. The van der Waals surface area contributed by atoms with E-state index in [1.54, 1.807) is 41.1 Å². The van der Waals surface area contributed by atoms with Crippen LogP contribution < -0.4 is 0 Å². The Morgan fingerprint density at radius 1 is 0.899 bits per heavy atom. The van der Waals surface area contributed by atoms with Crippen LogP contribution >= 0.6 is 0 Å². The van der Waals surface area contributed by atoms with Crippen molar-refractivity contribution in [3.05, 3.63) is 47.6 Å². The van der Waals surface area contributed by atoms with Crippen LogP contribution in [-0.4, -0.2) is 146 Å². The second-order valence-corrected chi connectivity index (χ2v) is 20.0. The summed E-state index contributed by atoms with van der Waals surface area (Å²) in [5, 5.41) is 32.0. The van der Waals surface area contributed by atoms with Crippen LogP contribution in [0.3, 0.4) is 0 Å². The molecule has 1 saturated carbocycles. The molecule has 0 bridgehead atoms. The number of carbonyl (C=O) groups is 5. The van der Waals surface area contributed by atoms with E-state index in [-0.39, 0.29) is 86.8 Å². The highest BCUT2D eigenvalue weighted by molar-refractivity contribution is 6.39. The van der Waals surface area contributed by atoms with Gasteiger partial charge in [0.15, 0.2) is 5.78 Å². The Kier molecular flexibility index (Phi) is 25.9. The molecule has 2 saturated heterocycles. The van der Waals surface area contributed by atoms with Crippen molar-refractivity contribution in [2.24, 2.45) is 35.5 Å². The standard InChI is InChI=1S/C54H87NO14/c1-12-44(64-9)35(3)20-15-13-14-19-34(2)29-38(6)48(58)50(66-11)49(59)39(7)30-36(4)43(57)33-46(37(5)31-41-23-24-45(67-28-26-56)47(32-41)65-10)69-53(62)42-22-16-17-25-55(42)52(61)51(60)54(63)40(8)21-18-27-68-54/h13-15,19-20,30,34,36-38,40-42,44-47,49-50,56,59,63H,12,16-18,21-29,31-33H2,1-11H3/b15-13+,19-14+,35-20+,39-30+/t34-,36-,37-,38-,40-,41+,42+,44+,45-,46+,47-,49-,50+,54-/m1/s1. The monoisotopic (exact) mass is 974 g/mol. The molecule has 3 N–H and O–H groups in total. The van der Waals surface area contributed by atoms with Gasteiger partial charge in [0.05, 0.1) is 38.1 Å². The number of aliphatic hydroxyl groups is 3. The molecule has 14 atom stereocenters. The average Bonchev–Trinajstić information content (AvgIpc) is 3.33. The summed E-state index contributed by atoms with van der Waals surface area (Å²) in [5.41, 5.74) is 1.52. The number of aliphatic hydroxyl groups excluding tert-OH is 2. The summed E-state index contributed by atoms with van der Waals surface area (Å²) in [7, 11) is 4.71. The summed E-state index contributed by atoms with van der Waals surface area (Å²) in [6.07, 6.45) is 14.3. The zero-order valence-electron chi connectivity index (χ0n) is 43.6. The lowest BCUT2D eigenvalue weighted by Crippen LogP contribution is -2.59. The zero-order valence-corrected chi connectivity index (χ0v) is 43.6. The van der Waals surface area contributed by atoms with Gasteiger partial charge < -0.3 is 48.6 Å². The molecule has 0 unspecified atom stereocenters. The van der Waals surface area contributed by atoms with Gasteiger partial charge in [-0.25, -0.2) is 4.79 Å². The molecule has 1 amide bonds. The number of carbonyl (C=O) groups excluding carboxylic acids is 5. The minimum Gasteiger partial charge on any atom is -0.460 e. The van der Waals surface area contributed by atoms with Crippen LogP contribution in [0, 0.1) is 35.5 Å². The van der Waals surface area contributed by atoms with E-state index >= 15 is 0 Å². The molecule has 0 radical (unpaired) electrons. The number of piperidine rings is 1. The van der Waals surface area contributed by atoms with Gasteiger partial charge in [-0.3, -0.25) is 19.2 Å². The van der Waals surface area contributed by atoms with Gasteiger partial charge >= 0.3 is 5.97 Å². The van der Waals surface area contributed by atoms with Gasteiger partial charge in [-0.2, -0.15) is 0 Å². The van der Waals surface area contributed by atoms with Crippen LogP contribution in [0.2, 0.25) is 0 Å². The fourth-order valence-electron chi connectivity index (χ4n) is 10.2. The Morgan fingerprint density at radius 3 is 2.26 bits per heavy atom. The molecule has 2 heterocycles. The van der Waals surface area contributed by atoms with Crippen LogP contribution in [0.4, 0.5) is 0 Å². The smallest absolute Gasteiger partial charge is 0.329 e. The minimum absolute atomic E-state index is 0.0634. The van der Waals surface area contributed by atoms with E-state index in [4.69, 9.17) is 28.4 Å². The molecule has 69 heavy (non-hydrogen) atoms. The van der Waals surface area contributed by atoms with Crippen LogP contribution in [0.15, 0.2) is 47.6 Å². The maximum atomic E-state index is 14.3. The largest absolute Gasteiger partial charge is 0.460 e. The highest BCUT2D eigenvalue weighted by Crippen LogP contribution is 2.36. The van der Waals surface area contributed by atoms with Crippen molar-refractivity contribution in [1.29, 1.82) is 0 Å². The third-order valence-corrected chi connectivity index (χ3v) is 14.6. The number of likely N-dealkylation sites (tertiary alicyclic amines) is 1. The molecule has 392 valence electrons. The first-order valence-corrected chi connectivity index (χ1v) is 25.5. The van der Waals surface area contributed by atoms with Gasteiger partial charge in [-0.05, 0) is 113 Å². The SMILES string of the molecule is CC[C@H](OC)/C(C)=C/C=C/C=C/[C@@H](C)C[C@@H](C)C(=O)[C@H](OC)[C@H](O)/C(C)=C/[C@@H](C)C(=O)C[C@H](OC(=O)[C@@H]1CCCCN1C(=O)C(=O)[C@]1(O)OCCC[C@H]1C)[C@H](C)C[C@@H]1CC[C@@H](OCCO)[C@H](OC)C1. The van der Waals surface area contributed by atoms with Crippen molar-refractivity contribution in [3.63, 3.8) is 0 Å². The van der Waals surface area contributed by atoms with Crippen LogP contribution in [0.25, 0.3) is 0 Å². The molecule has 0 aromatic rings. The number of hydrogen-bond donors (Lipinski definition) is 3. The number of ether oxygens (including phenoxy) is 6. The van der Waals surface area contributed by atoms with Gasteiger partial charge in [-0.15, -0.1) is 0 Å². The number of amides is 1. The molecule has 0 aromatic carbocycles. The summed E-state index contributed by atoms with van der Waals surface area (Å²) in [4.78, 5) is 70.7. The van der Waals surface area contributed by atoms with Crippen molar-refractivity contribution in [1.82, 2.24) is 4.90 Å². The topological polar surface area (TPSA) is 205 Å². The Balaban J connectivity index is 1.78. The van der Waals surface area contributed by atoms with Crippen molar-refractivity contribution in [3.8, 4) is 0 Å². The number of nitrogens with zero attached hydrogens (tertiary/aromatic N) is 1. The van der Waals surface area contributed by atoms with Crippen molar-refractivity contribution >= 4 is 29.2 Å². The molecule has 3 fully saturated rings. The molecule has 15 nitrogen and oxygen atoms in total. The molecule has 15 heteroatoms. The lowest BCUT2D eigenvalue weighted by molar-refractivity contribution is -0.241. The van der Waals surface area contributed by atoms with E-state index in [9.17, 15) is 39.3 Å². The molecule has 1 aliphatic carbocycles. The Bertz CT molecular complexity index is 1770. The summed E-state index contributed by atoms with van der Waals surface area (Å²) in [6.45, 7) is 15.2. The van der Waals surface area contributed by atoms with Gasteiger partial charge in [0.1, 0.15) is 30.1 Å². The Morgan fingerprint density at radius 2 is 1.62 bits per heavy atom. The summed E-state index contributed by atoms with van der Waals surface area (Å²) in [5.74, 6) is -7.58. The van der Waals surface area contributed by atoms with Gasteiger partial charge in [0.2, 0.25) is 5.79 Å². The zero-order chi connectivity index (χ0) is 51.4. The second kappa shape index (κ2) is 29.8. The molecule has 3 rings (SSSR count). The van der Waals surface area contributed by atoms with E-state index in [0.29, 0.717) is 56.9 Å². The number of ketones is 3. The lowest BCUT2D eigenvalue weighted by Gasteiger charge is -2.40. The average molecular weight is 974 g/mol. The van der Waals surface area contributed by atoms with E-state index < -0.39 is 65.6 Å². The first-order chi connectivity index (χ1) is 32.8. The van der Waals surface area contributed by atoms with Crippen LogP contribution in [-0.2, 0) is 52.4 Å². The number of hydrogen-bond acceptors (Lipinski definition) is 14. The Labute approximate surface area is 412 Å². The van der Waals surface area contributed by atoms with E-state index in [1.807, 2.05) is 58.1 Å². The number of esters is 1. The Hall–Kier alpha value is -3.41. The van der Waals surface area contributed by atoms with Gasteiger partial charge in [0, 0.05) is 52.0 Å². The van der Waals surface area contributed by atoms with E-state index in [0.717, 1.165) is 18.4 Å². The second-order valence-electron chi connectivity index (χ2n) is 20.0. The first kappa shape index (κ1) is 59.9. The number of methoxy groups -OCH3 is 3. The first-order valence-electron chi connectivity index (χ1n) is 25.5. The number of allylic oxidation sites excluding steroid dienone is 6. The molecule has 0 spiro atoms. The molecule has 0 aromatic heterocycles. The summed E-state index contributed by atoms with van der Waals surface area (Å²) >= 11 is 0. The van der Waals surface area contributed by atoms with E-state index in [2.05, 4.69) is 6.92 Å². The minimum atomic E-state index is -2.29. The quantitative estimate of drug-likeness (QED) is 0.0318. The normalized spacial score (nSPS) is 27.6. The third-order valence-electron chi connectivity index (χ3n) is 14.6. The van der Waals surface area contributed by atoms with Gasteiger partial charge in [-0.1, -0.05) is 78.0 Å². The third kappa shape index (κ3) is 17.4. The maximum Gasteiger partial charge on any atom is 0.329 e. The maximum absolute atomic E-state index is 14.3. The van der Waals surface area contributed by atoms with Crippen molar-refractivity contribution in [2.75, 3.05) is 47.7 Å².